The van der Waals surface area contributed by atoms with E-state index in [0.717, 1.165) is 18.5 Å². The van der Waals surface area contributed by atoms with Crippen LogP contribution < -0.4 is 0 Å². The summed E-state index contributed by atoms with van der Waals surface area (Å²) >= 11 is 0. The van der Waals surface area contributed by atoms with Crippen molar-refractivity contribution in [3.63, 3.8) is 0 Å². The van der Waals surface area contributed by atoms with Gasteiger partial charge in [-0.2, -0.15) is 5.06 Å². The van der Waals surface area contributed by atoms with Gasteiger partial charge in [-0.25, -0.2) is 0 Å². The van der Waals surface area contributed by atoms with Gasteiger partial charge in [-0.3, -0.25) is 9.63 Å². The maximum Gasteiger partial charge on any atom is 0.250 e. The van der Waals surface area contributed by atoms with E-state index in [0.29, 0.717) is 13.0 Å². The Labute approximate surface area is 59.2 Å². The second kappa shape index (κ2) is 2.09. The predicted molar refractivity (Wildman–Crippen MR) is 34.7 cm³/mol. The molecule has 0 N–H and O–H groups in total. The molecule has 3 nitrogen and oxygen atoms in total. The molecule has 0 aliphatic carbocycles. The molecule has 1 fully saturated rings. The zero-order valence-electron chi connectivity index (χ0n) is 5.67. The van der Waals surface area contributed by atoms with Crippen LogP contribution in [0.1, 0.15) is 19.3 Å². The van der Waals surface area contributed by atoms with E-state index in [1.807, 2.05) is 0 Å². The molecule has 0 aromatic rings. The lowest BCUT2D eigenvalue weighted by Gasteiger charge is -2.20. The van der Waals surface area contributed by atoms with Crippen LogP contribution in [0.3, 0.4) is 0 Å². The highest BCUT2D eigenvalue weighted by Gasteiger charge is 2.28. The third-order valence-electron chi connectivity index (χ3n) is 1.80. The first-order valence-electron chi connectivity index (χ1n) is 3.53. The van der Waals surface area contributed by atoms with Gasteiger partial charge in [0.1, 0.15) is 0 Å². The van der Waals surface area contributed by atoms with Crippen LogP contribution in [0, 0.1) is 0 Å². The Hall–Kier alpha value is -0.830. The standard InChI is InChI=1S/C7H9NO2/c9-7-4-3-6-2-1-5-10-8(6)7/h2H,1,3-5H2. The molecule has 0 unspecified atom stereocenters. The molecule has 0 aromatic carbocycles. The smallest absolute Gasteiger partial charge is 0.250 e. The quantitative estimate of drug-likeness (QED) is 0.497. The van der Waals surface area contributed by atoms with Gasteiger partial charge in [-0.1, -0.05) is 6.08 Å². The summed E-state index contributed by atoms with van der Waals surface area (Å²) < 4.78 is 0. The molecule has 1 amide bonds. The number of hydrogen-bond acceptors (Lipinski definition) is 2. The lowest BCUT2D eigenvalue weighted by Crippen LogP contribution is -2.26. The fourth-order valence-electron chi connectivity index (χ4n) is 1.31. The summed E-state index contributed by atoms with van der Waals surface area (Å²) in [5.74, 6) is 0.103. The largest absolute Gasteiger partial charge is 0.272 e. The highest BCUT2D eigenvalue weighted by atomic mass is 16.7. The van der Waals surface area contributed by atoms with Gasteiger partial charge < -0.3 is 0 Å². The minimum absolute atomic E-state index is 0.103. The average molecular weight is 139 g/mol. The zero-order chi connectivity index (χ0) is 6.97. The molecule has 2 aliphatic heterocycles. The SMILES string of the molecule is O=C1CCC2=CCCON12. The minimum Gasteiger partial charge on any atom is -0.272 e. The van der Waals surface area contributed by atoms with Crippen molar-refractivity contribution >= 4 is 5.91 Å². The van der Waals surface area contributed by atoms with E-state index >= 15 is 0 Å². The molecule has 54 valence electrons. The van der Waals surface area contributed by atoms with Crippen LogP contribution in [0.15, 0.2) is 11.8 Å². The fourth-order valence-corrected chi connectivity index (χ4v) is 1.31. The number of carbonyl (C=O) groups is 1. The molecule has 0 atom stereocenters. The van der Waals surface area contributed by atoms with E-state index in [1.165, 1.54) is 5.06 Å². The van der Waals surface area contributed by atoms with E-state index < -0.39 is 0 Å². The van der Waals surface area contributed by atoms with Crippen molar-refractivity contribution in [1.82, 2.24) is 5.06 Å². The topological polar surface area (TPSA) is 29.5 Å². The van der Waals surface area contributed by atoms with Gasteiger partial charge in [0, 0.05) is 12.1 Å². The normalized spacial score (nSPS) is 24.6. The van der Waals surface area contributed by atoms with Crippen molar-refractivity contribution in [2.45, 2.75) is 19.3 Å². The van der Waals surface area contributed by atoms with Crippen LogP contribution in [-0.4, -0.2) is 17.6 Å². The van der Waals surface area contributed by atoms with E-state index in [4.69, 9.17) is 4.84 Å². The predicted octanol–water partition coefficient (Wildman–Crippen LogP) is 0.828. The third kappa shape index (κ3) is 0.743. The van der Waals surface area contributed by atoms with Gasteiger partial charge in [0.15, 0.2) is 0 Å². The number of carbonyl (C=O) groups excluding carboxylic acids is 1. The molecule has 3 heteroatoms. The van der Waals surface area contributed by atoms with Crippen LogP contribution in [-0.2, 0) is 9.63 Å². The lowest BCUT2D eigenvalue weighted by atomic mass is 10.2. The van der Waals surface area contributed by atoms with E-state index in [-0.39, 0.29) is 5.91 Å². The van der Waals surface area contributed by atoms with Crippen LogP contribution in [0.25, 0.3) is 0 Å². The molecule has 0 spiro atoms. The highest BCUT2D eigenvalue weighted by Crippen LogP contribution is 2.25. The molecule has 2 rings (SSSR count). The van der Waals surface area contributed by atoms with Gasteiger partial charge >= 0.3 is 0 Å². The van der Waals surface area contributed by atoms with E-state index in [1.54, 1.807) is 0 Å². The summed E-state index contributed by atoms with van der Waals surface area (Å²) in [6.07, 6.45) is 4.50. The summed E-state index contributed by atoms with van der Waals surface area (Å²) in [5.41, 5.74) is 1.05. The molecule has 1 saturated heterocycles. The molecule has 2 aliphatic rings. The summed E-state index contributed by atoms with van der Waals surface area (Å²) in [4.78, 5) is 16.1. The summed E-state index contributed by atoms with van der Waals surface area (Å²) in [6.45, 7) is 0.648. The molecule has 0 aromatic heterocycles. The first-order chi connectivity index (χ1) is 4.88. The minimum atomic E-state index is 0.103. The summed E-state index contributed by atoms with van der Waals surface area (Å²) in [5, 5.41) is 1.43. The maximum atomic E-state index is 11.0. The van der Waals surface area contributed by atoms with Gasteiger partial charge in [0.05, 0.1) is 6.61 Å². The Kier molecular flexibility index (Phi) is 1.24. The van der Waals surface area contributed by atoms with E-state index in [2.05, 4.69) is 6.08 Å². The van der Waals surface area contributed by atoms with Gasteiger partial charge in [0.2, 0.25) is 0 Å². The molecular formula is C7H9NO2. The van der Waals surface area contributed by atoms with Gasteiger partial charge in [-0.15, -0.1) is 0 Å². The Morgan fingerprint density at radius 3 is 3.20 bits per heavy atom. The lowest BCUT2D eigenvalue weighted by molar-refractivity contribution is -0.170. The second-order valence-corrected chi connectivity index (χ2v) is 2.51. The Morgan fingerprint density at radius 2 is 2.40 bits per heavy atom. The second-order valence-electron chi connectivity index (χ2n) is 2.51. The summed E-state index contributed by atoms with van der Waals surface area (Å²) in [7, 11) is 0. The molecule has 0 bridgehead atoms. The Bertz CT molecular complexity index is 198. The monoisotopic (exact) mass is 139 g/mol. The number of amides is 1. The van der Waals surface area contributed by atoms with Crippen molar-refractivity contribution in [2.24, 2.45) is 0 Å². The molecule has 0 saturated carbocycles. The first kappa shape index (κ1) is 5.92. The number of rotatable bonds is 0. The number of nitrogens with zero attached hydrogens (tertiary/aromatic N) is 1. The summed E-state index contributed by atoms with van der Waals surface area (Å²) in [6, 6.07) is 0. The third-order valence-corrected chi connectivity index (χ3v) is 1.80. The Morgan fingerprint density at radius 1 is 1.50 bits per heavy atom. The first-order valence-corrected chi connectivity index (χ1v) is 3.53. The van der Waals surface area contributed by atoms with Crippen LogP contribution in [0.5, 0.6) is 0 Å². The number of allylic oxidation sites excluding steroid dienone is 1. The highest BCUT2D eigenvalue weighted by molar-refractivity contribution is 5.80. The molecular weight excluding hydrogens is 130 g/mol. The number of fused-ring (bicyclic) bond motifs is 1. The van der Waals surface area contributed by atoms with Crippen LogP contribution in [0.2, 0.25) is 0 Å². The van der Waals surface area contributed by atoms with Crippen LogP contribution >= 0.6 is 0 Å². The van der Waals surface area contributed by atoms with Crippen LogP contribution in [0.4, 0.5) is 0 Å². The Balaban J connectivity index is 2.25. The van der Waals surface area contributed by atoms with Crippen molar-refractivity contribution in [2.75, 3.05) is 6.61 Å². The van der Waals surface area contributed by atoms with E-state index in [9.17, 15) is 4.79 Å². The maximum absolute atomic E-state index is 11.0. The van der Waals surface area contributed by atoms with Crippen molar-refractivity contribution in [3.05, 3.63) is 11.8 Å². The molecule has 2 heterocycles. The van der Waals surface area contributed by atoms with Gasteiger partial charge in [-0.05, 0) is 12.8 Å². The number of hydrogen-bond donors (Lipinski definition) is 0. The molecule has 10 heavy (non-hydrogen) atoms. The molecule has 0 radical (unpaired) electrons. The van der Waals surface area contributed by atoms with Crippen molar-refractivity contribution in [1.29, 1.82) is 0 Å². The zero-order valence-corrected chi connectivity index (χ0v) is 5.67. The number of hydroxylamine groups is 2. The van der Waals surface area contributed by atoms with Crippen molar-refractivity contribution in [3.8, 4) is 0 Å². The van der Waals surface area contributed by atoms with Gasteiger partial charge in [0.25, 0.3) is 5.91 Å². The average Bonchev–Trinajstić information content (AvgIpc) is 2.34. The fraction of sp³-hybridized carbons (Fsp3) is 0.571. The van der Waals surface area contributed by atoms with Crippen molar-refractivity contribution < 1.29 is 9.63 Å².